The summed E-state index contributed by atoms with van der Waals surface area (Å²) in [6, 6.07) is 14.1. The third-order valence-corrected chi connectivity index (χ3v) is 4.26. The van der Waals surface area contributed by atoms with E-state index in [1.54, 1.807) is 19.2 Å². The Hall–Kier alpha value is -2.40. The molecule has 1 heterocycles. The van der Waals surface area contributed by atoms with E-state index in [1.165, 1.54) is 23.5 Å². The van der Waals surface area contributed by atoms with Crippen LogP contribution in [0.5, 0.6) is 5.75 Å². The van der Waals surface area contributed by atoms with Gasteiger partial charge in [0.05, 0.1) is 12.8 Å². The lowest BCUT2D eigenvalue weighted by molar-refractivity contribution is 0.410. The van der Waals surface area contributed by atoms with Gasteiger partial charge in [-0.1, -0.05) is 18.2 Å². The molecule has 0 radical (unpaired) electrons. The van der Waals surface area contributed by atoms with E-state index in [0.29, 0.717) is 11.6 Å². The van der Waals surface area contributed by atoms with Crippen molar-refractivity contribution in [3.8, 4) is 17.0 Å². The predicted molar refractivity (Wildman–Crippen MR) is 87.7 cm³/mol. The molecule has 0 aliphatic carbocycles. The molecule has 0 saturated carbocycles. The number of hydrogen-bond acceptors (Lipinski definition) is 4. The molecular formula is C17H15FN2OS. The Labute approximate surface area is 132 Å². The lowest BCUT2D eigenvalue weighted by Crippen LogP contribution is -1.93. The van der Waals surface area contributed by atoms with E-state index in [4.69, 9.17) is 10.5 Å². The number of benzene rings is 2. The quantitative estimate of drug-likeness (QED) is 0.787. The lowest BCUT2D eigenvalue weighted by atomic mass is 10.1. The summed E-state index contributed by atoms with van der Waals surface area (Å²) in [6.07, 6.45) is 0.672. The van der Waals surface area contributed by atoms with Gasteiger partial charge in [0.15, 0.2) is 5.13 Å². The van der Waals surface area contributed by atoms with Gasteiger partial charge in [0, 0.05) is 16.9 Å². The maximum atomic E-state index is 13.1. The van der Waals surface area contributed by atoms with E-state index in [2.05, 4.69) is 4.98 Å². The van der Waals surface area contributed by atoms with Crippen LogP contribution in [0.3, 0.4) is 0 Å². The largest absolute Gasteiger partial charge is 0.496 e. The second kappa shape index (κ2) is 6.15. The molecular weight excluding hydrogens is 299 g/mol. The maximum absolute atomic E-state index is 13.1. The van der Waals surface area contributed by atoms with E-state index < -0.39 is 0 Å². The highest BCUT2D eigenvalue weighted by Gasteiger charge is 2.14. The van der Waals surface area contributed by atoms with Crippen molar-refractivity contribution >= 4 is 16.5 Å². The van der Waals surface area contributed by atoms with Gasteiger partial charge in [-0.05, 0) is 35.9 Å². The number of aromatic nitrogens is 1. The second-order valence-electron chi connectivity index (χ2n) is 4.82. The van der Waals surface area contributed by atoms with E-state index in [1.807, 2.05) is 24.3 Å². The highest BCUT2D eigenvalue weighted by Crippen LogP contribution is 2.33. The number of methoxy groups -OCH3 is 1. The van der Waals surface area contributed by atoms with Gasteiger partial charge >= 0.3 is 0 Å². The van der Waals surface area contributed by atoms with Crippen molar-refractivity contribution in [3.05, 3.63) is 64.8 Å². The second-order valence-corrected chi connectivity index (χ2v) is 5.93. The number of nitrogens with zero attached hydrogens (tertiary/aromatic N) is 1. The topological polar surface area (TPSA) is 48.1 Å². The van der Waals surface area contributed by atoms with Gasteiger partial charge in [0.2, 0.25) is 0 Å². The minimum absolute atomic E-state index is 0.266. The smallest absolute Gasteiger partial charge is 0.180 e. The Bertz CT molecular complexity index is 784. The standard InChI is InChI=1S/C17H15FN2OS/c1-21-14-5-3-2-4-12(14)10-15-16(20-17(19)22-15)11-6-8-13(18)9-7-11/h2-9H,10H2,1H3,(H2,19,20). The molecule has 0 aliphatic heterocycles. The number of nitrogens with two attached hydrogens (primary N) is 1. The van der Waals surface area contributed by atoms with Gasteiger partial charge in [-0.3, -0.25) is 0 Å². The summed E-state index contributed by atoms with van der Waals surface area (Å²) in [4.78, 5) is 5.43. The van der Waals surface area contributed by atoms with Crippen LogP contribution in [0.25, 0.3) is 11.3 Å². The van der Waals surface area contributed by atoms with Crippen molar-refractivity contribution in [2.45, 2.75) is 6.42 Å². The zero-order valence-electron chi connectivity index (χ0n) is 12.0. The molecule has 0 saturated heterocycles. The van der Waals surface area contributed by atoms with Crippen molar-refractivity contribution in [2.75, 3.05) is 12.8 Å². The van der Waals surface area contributed by atoms with Crippen molar-refractivity contribution in [1.82, 2.24) is 4.98 Å². The number of halogens is 1. The average molecular weight is 314 g/mol. The van der Waals surface area contributed by atoms with E-state index >= 15 is 0 Å². The number of nitrogen functional groups attached to an aromatic ring is 1. The Morgan fingerprint density at radius 2 is 1.86 bits per heavy atom. The van der Waals surface area contributed by atoms with Crippen molar-refractivity contribution in [1.29, 1.82) is 0 Å². The van der Waals surface area contributed by atoms with Crippen LogP contribution in [0, 0.1) is 5.82 Å². The Morgan fingerprint density at radius 3 is 2.59 bits per heavy atom. The monoisotopic (exact) mass is 314 g/mol. The molecule has 0 spiro atoms. The van der Waals surface area contributed by atoms with Crippen LogP contribution in [-0.4, -0.2) is 12.1 Å². The summed E-state index contributed by atoms with van der Waals surface area (Å²) in [6.45, 7) is 0. The summed E-state index contributed by atoms with van der Waals surface area (Å²) >= 11 is 1.44. The number of thiazole rings is 1. The molecule has 3 nitrogen and oxygen atoms in total. The first-order valence-corrected chi connectivity index (χ1v) is 7.62. The molecule has 2 aromatic carbocycles. The summed E-state index contributed by atoms with van der Waals surface area (Å²) in [5.41, 5.74) is 8.60. The molecule has 0 aliphatic rings. The molecule has 112 valence electrons. The zero-order valence-corrected chi connectivity index (χ0v) is 12.9. The number of ether oxygens (including phenoxy) is 1. The van der Waals surface area contributed by atoms with Crippen molar-refractivity contribution in [3.63, 3.8) is 0 Å². The molecule has 2 N–H and O–H groups in total. The normalized spacial score (nSPS) is 10.6. The number of rotatable bonds is 4. The molecule has 1 aromatic heterocycles. The highest BCUT2D eigenvalue weighted by atomic mass is 32.1. The number of hydrogen-bond donors (Lipinski definition) is 1. The van der Waals surface area contributed by atoms with Crippen molar-refractivity contribution < 1.29 is 9.13 Å². The summed E-state index contributed by atoms with van der Waals surface area (Å²) in [5.74, 6) is 0.567. The van der Waals surface area contributed by atoms with Gasteiger partial charge in [-0.2, -0.15) is 0 Å². The summed E-state index contributed by atoms with van der Waals surface area (Å²) in [7, 11) is 1.65. The fraction of sp³-hybridized carbons (Fsp3) is 0.118. The van der Waals surface area contributed by atoms with E-state index in [9.17, 15) is 4.39 Å². The van der Waals surface area contributed by atoms with Gasteiger partial charge in [0.25, 0.3) is 0 Å². The van der Waals surface area contributed by atoms with Crippen LogP contribution < -0.4 is 10.5 Å². The first-order valence-electron chi connectivity index (χ1n) is 6.80. The number of anilines is 1. The first kappa shape index (κ1) is 14.5. The van der Waals surface area contributed by atoms with Crippen molar-refractivity contribution in [2.24, 2.45) is 0 Å². The van der Waals surface area contributed by atoms with Crippen LogP contribution in [0.2, 0.25) is 0 Å². The predicted octanol–water partition coefficient (Wildman–Crippen LogP) is 4.13. The third kappa shape index (κ3) is 2.94. The van der Waals surface area contributed by atoms with Crippen LogP contribution in [0.15, 0.2) is 48.5 Å². The minimum atomic E-state index is -0.266. The lowest BCUT2D eigenvalue weighted by Gasteiger charge is -2.08. The highest BCUT2D eigenvalue weighted by molar-refractivity contribution is 7.15. The molecule has 3 aromatic rings. The molecule has 3 rings (SSSR count). The molecule has 5 heteroatoms. The average Bonchev–Trinajstić information content (AvgIpc) is 2.89. The zero-order chi connectivity index (χ0) is 15.5. The Kier molecular flexibility index (Phi) is 4.06. The molecule has 22 heavy (non-hydrogen) atoms. The van der Waals surface area contributed by atoms with E-state index in [0.717, 1.165) is 27.4 Å². The molecule has 0 bridgehead atoms. The fourth-order valence-electron chi connectivity index (χ4n) is 2.35. The summed E-state index contributed by atoms with van der Waals surface area (Å²) in [5, 5.41) is 0.504. The van der Waals surface area contributed by atoms with Crippen LogP contribution in [0.4, 0.5) is 9.52 Å². The SMILES string of the molecule is COc1ccccc1Cc1sc(N)nc1-c1ccc(F)cc1. The minimum Gasteiger partial charge on any atom is -0.496 e. The first-order chi connectivity index (χ1) is 10.7. The van der Waals surface area contributed by atoms with Crippen LogP contribution >= 0.6 is 11.3 Å². The van der Waals surface area contributed by atoms with Gasteiger partial charge in [-0.25, -0.2) is 9.37 Å². The fourth-order valence-corrected chi connectivity index (χ4v) is 3.22. The third-order valence-electron chi connectivity index (χ3n) is 3.38. The summed E-state index contributed by atoms with van der Waals surface area (Å²) < 4.78 is 18.5. The van der Waals surface area contributed by atoms with Gasteiger partial charge in [-0.15, -0.1) is 11.3 Å². The van der Waals surface area contributed by atoms with E-state index in [-0.39, 0.29) is 5.82 Å². The maximum Gasteiger partial charge on any atom is 0.180 e. The Morgan fingerprint density at radius 1 is 1.14 bits per heavy atom. The van der Waals surface area contributed by atoms with Crippen LogP contribution in [-0.2, 0) is 6.42 Å². The Balaban J connectivity index is 1.99. The van der Waals surface area contributed by atoms with Crippen LogP contribution in [0.1, 0.15) is 10.4 Å². The van der Waals surface area contributed by atoms with Gasteiger partial charge in [0.1, 0.15) is 11.6 Å². The van der Waals surface area contributed by atoms with Gasteiger partial charge < -0.3 is 10.5 Å². The molecule has 0 amide bonds. The molecule has 0 atom stereocenters. The molecule has 0 unspecified atom stereocenters. The molecule has 0 fully saturated rings. The number of para-hydroxylation sites is 1.